The van der Waals surface area contributed by atoms with Gasteiger partial charge in [0.15, 0.2) is 17.4 Å². The maximum atomic E-state index is 5.93. The van der Waals surface area contributed by atoms with Crippen molar-refractivity contribution in [3.63, 3.8) is 0 Å². The summed E-state index contributed by atoms with van der Waals surface area (Å²) < 4.78 is 0. The Bertz CT molecular complexity index is 377. The third kappa shape index (κ3) is 1.33. The van der Waals surface area contributed by atoms with E-state index < -0.39 is 5.79 Å². The van der Waals surface area contributed by atoms with Crippen LogP contribution in [0.5, 0.6) is 0 Å². The van der Waals surface area contributed by atoms with E-state index in [-0.39, 0.29) is 0 Å². The van der Waals surface area contributed by atoms with E-state index in [0.29, 0.717) is 23.8 Å². The molecule has 2 aliphatic rings. The highest BCUT2D eigenvalue weighted by Crippen LogP contribution is 2.18. The summed E-state index contributed by atoms with van der Waals surface area (Å²) in [6.45, 7) is 2.02. The molecule has 0 amide bonds. The molecule has 0 bridgehead atoms. The van der Waals surface area contributed by atoms with Crippen molar-refractivity contribution in [1.29, 1.82) is 0 Å². The second-order valence-electron chi connectivity index (χ2n) is 3.28. The van der Waals surface area contributed by atoms with Crippen LogP contribution in [0.1, 0.15) is 19.8 Å². The molecule has 0 aliphatic carbocycles. The summed E-state index contributed by atoms with van der Waals surface area (Å²) in [7, 11) is 0. The Morgan fingerprint density at radius 2 is 2.21 bits per heavy atom. The first-order chi connectivity index (χ1) is 6.64. The van der Waals surface area contributed by atoms with Gasteiger partial charge in [0.05, 0.1) is 0 Å². The topological polar surface area (TPSA) is 101 Å². The van der Waals surface area contributed by atoms with Crippen molar-refractivity contribution in [3.8, 4) is 0 Å². The number of aliphatic imine (C=N–C) groups is 4. The van der Waals surface area contributed by atoms with Gasteiger partial charge in [0.1, 0.15) is 6.34 Å². The highest BCUT2D eigenvalue weighted by Gasteiger charge is 2.31. The molecule has 6 nitrogen and oxygen atoms in total. The molecule has 0 saturated heterocycles. The molecule has 1 atom stereocenters. The van der Waals surface area contributed by atoms with Crippen LogP contribution in [0.15, 0.2) is 20.0 Å². The minimum atomic E-state index is -0.950. The average Bonchev–Trinajstić information content (AvgIpc) is 2.51. The average molecular weight is 192 g/mol. The monoisotopic (exact) mass is 192 g/mol. The molecule has 4 N–H and O–H groups in total. The van der Waals surface area contributed by atoms with E-state index >= 15 is 0 Å². The smallest absolute Gasteiger partial charge is 0.206 e. The predicted molar refractivity (Wildman–Crippen MR) is 56.8 cm³/mol. The summed E-state index contributed by atoms with van der Waals surface area (Å²) in [4.78, 5) is 16.2. The molecule has 0 radical (unpaired) electrons. The second kappa shape index (κ2) is 2.98. The van der Waals surface area contributed by atoms with Gasteiger partial charge in [-0.3, -0.25) is 5.73 Å². The Hall–Kier alpha value is -1.56. The van der Waals surface area contributed by atoms with E-state index in [9.17, 15) is 0 Å². The number of rotatable bonds is 2. The fourth-order valence-corrected chi connectivity index (χ4v) is 1.47. The van der Waals surface area contributed by atoms with Crippen molar-refractivity contribution in [2.24, 2.45) is 31.4 Å². The maximum absolute atomic E-state index is 5.93. The van der Waals surface area contributed by atoms with Gasteiger partial charge in [-0.2, -0.15) is 0 Å². The van der Waals surface area contributed by atoms with Crippen LogP contribution in [0, 0.1) is 0 Å². The minimum Gasteiger partial charge on any atom is -0.382 e. The van der Waals surface area contributed by atoms with Gasteiger partial charge in [-0.25, -0.2) is 20.0 Å². The highest BCUT2D eigenvalue weighted by atomic mass is 15.3. The quantitative estimate of drug-likeness (QED) is 0.624. The third-order valence-corrected chi connectivity index (χ3v) is 2.05. The molecule has 2 heterocycles. The van der Waals surface area contributed by atoms with Crippen LogP contribution in [-0.4, -0.2) is 29.5 Å². The van der Waals surface area contributed by atoms with E-state index in [1.165, 1.54) is 6.34 Å². The van der Waals surface area contributed by atoms with Crippen molar-refractivity contribution in [3.05, 3.63) is 0 Å². The molecule has 14 heavy (non-hydrogen) atoms. The zero-order chi connectivity index (χ0) is 10.2. The standard InChI is InChI=1S/C8H12N6/c1-2-3-8(10)13-6(9)5-7(14-8)12-4-11-5/h4H,2-3,10H2,1H3,(H2,9,13). The van der Waals surface area contributed by atoms with Crippen LogP contribution >= 0.6 is 0 Å². The molecule has 0 aromatic rings. The molecule has 0 aromatic heterocycles. The largest absolute Gasteiger partial charge is 0.382 e. The number of hydrogen-bond acceptors (Lipinski definition) is 6. The lowest BCUT2D eigenvalue weighted by atomic mass is 10.1. The zero-order valence-corrected chi connectivity index (χ0v) is 7.94. The number of nitrogens with two attached hydrogens (primary N) is 2. The zero-order valence-electron chi connectivity index (χ0n) is 7.94. The van der Waals surface area contributed by atoms with Crippen LogP contribution in [0.3, 0.4) is 0 Å². The third-order valence-electron chi connectivity index (χ3n) is 2.05. The lowest BCUT2D eigenvalue weighted by Crippen LogP contribution is -2.46. The Morgan fingerprint density at radius 1 is 1.43 bits per heavy atom. The lowest BCUT2D eigenvalue weighted by molar-refractivity contribution is 0.426. The molecular formula is C8H12N6. The Balaban J connectivity index is 2.37. The van der Waals surface area contributed by atoms with Gasteiger partial charge in [0, 0.05) is 6.42 Å². The van der Waals surface area contributed by atoms with E-state index in [2.05, 4.69) is 20.0 Å². The van der Waals surface area contributed by atoms with Crippen molar-refractivity contribution < 1.29 is 0 Å². The highest BCUT2D eigenvalue weighted by molar-refractivity contribution is 6.70. The summed E-state index contributed by atoms with van der Waals surface area (Å²) in [5.74, 6) is -0.133. The molecule has 0 saturated carbocycles. The van der Waals surface area contributed by atoms with E-state index in [1.54, 1.807) is 0 Å². The first kappa shape index (κ1) is 9.01. The molecule has 0 aromatic carbocycles. The SMILES string of the molecule is CCCC1(N)N=C(N)C2=NC=NC2=N1. The molecule has 0 spiro atoms. The van der Waals surface area contributed by atoms with Gasteiger partial charge in [-0.15, -0.1) is 0 Å². The molecule has 74 valence electrons. The van der Waals surface area contributed by atoms with Gasteiger partial charge in [0.25, 0.3) is 0 Å². The van der Waals surface area contributed by atoms with Crippen LogP contribution < -0.4 is 11.5 Å². The number of amidine groups is 2. The van der Waals surface area contributed by atoms with Crippen molar-refractivity contribution in [2.45, 2.75) is 25.6 Å². The van der Waals surface area contributed by atoms with Crippen molar-refractivity contribution >= 4 is 23.7 Å². The lowest BCUT2D eigenvalue weighted by Gasteiger charge is -2.24. The fourth-order valence-electron chi connectivity index (χ4n) is 1.47. The van der Waals surface area contributed by atoms with Gasteiger partial charge in [0.2, 0.25) is 5.79 Å². The van der Waals surface area contributed by atoms with Crippen LogP contribution in [0.25, 0.3) is 0 Å². The Morgan fingerprint density at radius 3 is 2.93 bits per heavy atom. The maximum Gasteiger partial charge on any atom is 0.206 e. The Kier molecular flexibility index (Phi) is 1.92. The van der Waals surface area contributed by atoms with Crippen molar-refractivity contribution in [1.82, 2.24) is 0 Å². The number of nitrogens with zero attached hydrogens (tertiary/aromatic N) is 4. The summed E-state index contributed by atoms with van der Waals surface area (Å²) >= 11 is 0. The van der Waals surface area contributed by atoms with Gasteiger partial charge < -0.3 is 5.73 Å². The Labute approximate surface area is 81.5 Å². The first-order valence-electron chi connectivity index (χ1n) is 4.50. The van der Waals surface area contributed by atoms with Crippen LogP contribution in [-0.2, 0) is 0 Å². The van der Waals surface area contributed by atoms with Crippen molar-refractivity contribution in [2.75, 3.05) is 0 Å². The van der Waals surface area contributed by atoms with Crippen LogP contribution in [0.2, 0.25) is 0 Å². The molecule has 1 unspecified atom stereocenters. The van der Waals surface area contributed by atoms with Crippen LogP contribution in [0.4, 0.5) is 0 Å². The number of fused-ring (bicyclic) bond motifs is 1. The molecular weight excluding hydrogens is 180 g/mol. The van der Waals surface area contributed by atoms with E-state index in [1.807, 2.05) is 6.92 Å². The fraction of sp³-hybridized carbons (Fsp3) is 0.500. The predicted octanol–water partition coefficient (Wildman–Crippen LogP) is -0.349. The summed E-state index contributed by atoms with van der Waals surface area (Å²) in [6, 6.07) is 0. The molecule has 0 fully saturated rings. The van der Waals surface area contributed by atoms with E-state index in [4.69, 9.17) is 11.5 Å². The first-order valence-corrected chi connectivity index (χ1v) is 4.50. The van der Waals surface area contributed by atoms with Gasteiger partial charge in [-0.1, -0.05) is 13.3 Å². The van der Waals surface area contributed by atoms with E-state index in [0.717, 1.165) is 6.42 Å². The summed E-state index contributed by atoms with van der Waals surface area (Å²) in [5.41, 5.74) is 12.2. The van der Waals surface area contributed by atoms with Gasteiger partial charge >= 0.3 is 0 Å². The normalized spacial score (nSPS) is 29.4. The summed E-state index contributed by atoms with van der Waals surface area (Å²) in [6.07, 6.45) is 2.95. The molecule has 2 rings (SSSR count). The number of hydrogen-bond donors (Lipinski definition) is 2. The summed E-state index contributed by atoms with van der Waals surface area (Å²) in [5, 5.41) is 0. The van der Waals surface area contributed by atoms with Gasteiger partial charge in [-0.05, 0) is 0 Å². The minimum absolute atomic E-state index is 0.323. The molecule has 6 heteroatoms. The molecule has 2 aliphatic heterocycles. The second-order valence-corrected chi connectivity index (χ2v) is 3.28.